The number of nitrogens with one attached hydrogen (secondary N) is 1. The van der Waals surface area contributed by atoms with Gasteiger partial charge >= 0.3 is 0 Å². The zero-order valence-electron chi connectivity index (χ0n) is 23.7. The van der Waals surface area contributed by atoms with Crippen molar-refractivity contribution < 1.29 is 23.9 Å². The zero-order valence-corrected chi connectivity index (χ0v) is 23.7. The molecule has 10 heteroatoms. The van der Waals surface area contributed by atoms with Gasteiger partial charge in [-0.25, -0.2) is 9.97 Å². The smallest absolute Gasteiger partial charge is 0.257 e. The molecule has 0 radical (unpaired) electrons. The van der Waals surface area contributed by atoms with E-state index >= 15 is 0 Å². The summed E-state index contributed by atoms with van der Waals surface area (Å²) in [6.07, 6.45) is 5.74. The molecule has 3 aromatic rings. The SMILES string of the molecule is CCN1CC(=O)N[C@H]2CN(C(=O)c3cnc(C4CC4)nc3)CC[C@@H]2OCc2cccc(c2)Oc2cccc(c2)CC1=O. The predicted octanol–water partition coefficient (Wildman–Crippen LogP) is 3.47. The van der Waals surface area contributed by atoms with Gasteiger partial charge in [-0.2, -0.15) is 0 Å². The standard InChI is InChI=1S/C32H35N5O5/c1-2-36-19-29(38)35-27-18-37(32(40)24-16-33-31(34-17-24)23-9-10-23)12-11-28(27)41-20-22-6-4-8-26(14-22)42-25-7-3-5-21(13-25)15-30(36)39/h3-8,13-14,16-17,23,27-28H,2,9-12,15,18-20H2,1H3,(H,35,38)/t27-,28-/m0/s1. The molecule has 3 aliphatic rings. The number of benzene rings is 2. The number of carbonyl (C=O) groups is 3. The second kappa shape index (κ2) is 12.3. The number of amides is 3. The molecule has 0 unspecified atom stereocenters. The Hall–Kier alpha value is -4.31. The van der Waals surface area contributed by atoms with Crippen LogP contribution in [0.5, 0.6) is 11.5 Å². The number of aromatic nitrogens is 2. The molecule has 1 saturated carbocycles. The highest BCUT2D eigenvalue weighted by Crippen LogP contribution is 2.37. The predicted molar refractivity (Wildman–Crippen MR) is 154 cm³/mol. The molecule has 42 heavy (non-hydrogen) atoms. The van der Waals surface area contributed by atoms with Crippen LogP contribution in [0.25, 0.3) is 0 Å². The highest BCUT2D eigenvalue weighted by molar-refractivity contribution is 5.94. The van der Waals surface area contributed by atoms with E-state index in [-0.39, 0.29) is 43.3 Å². The molecule has 2 aromatic carbocycles. The van der Waals surface area contributed by atoms with Crippen molar-refractivity contribution in [1.82, 2.24) is 25.1 Å². The van der Waals surface area contributed by atoms with Crippen LogP contribution in [0.2, 0.25) is 0 Å². The molecule has 6 rings (SSSR count). The van der Waals surface area contributed by atoms with Crippen LogP contribution in [0.15, 0.2) is 60.9 Å². The van der Waals surface area contributed by atoms with Crippen molar-refractivity contribution in [1.29, 1.82) is 0 Å². The summed E-state index contributed by atoms with van der Waals surface area (Å²) in [4.78, 5) is 51.9. The minimum Gasteiger partial charge on any atom is -0.457 e. The van der Waals surface area contributed by atoms with E-state index in [1.807, 2.05) is 55.5 Å². The summed E-state index contributed by atoms with van der Waals surface area (Å²) in [6, 6.07) is 14.6. The molecule has 3 amide bonds. The Balaban J connectivity index is 1.22. The Morgan fingerprint density at radius 2 is 1.71 bits per heavy atom. The summed E-state index contributed by atoms with van der Waals surface area (Å²) >= 11 is 0. The van der Waals surface area contributed by atoms with Crippen molar-refractivity contribution in [3.63, 3.8) is 0 Å². The van der Waals surface area contributed by atoms with Crippen LogP contribution in [0, 0.1) is 0 Å². The van der Waals surface area contributed by atoms with Crippen molar-refractivity contribution in [3.8, 4) is 11.5 Å². The van der Waals surface area contributed by atoms with Crippen molar-refractivity contribution in [3.05, 3.63) is 83.4 Å². The van der Waals surface area contributed by atoms with Gasteiger partial charge in [0.15, 0.2) is 0 Å². The second-order valence-corrected chi connectivity index (χ2v) is 11.1. The number of likely N-dealkylation sites (tertiary alicyclic amines) is 1. The first kappa shape index (κ1) is 27.8. The van der Waals surface area contributed by atoms with Crippen LogP contribution in [0.1, 0.15) is 59.4 Å². The van der Waals surface area contributed by atoms with Crippen LogP contribution in [0.3, 0.4) is 0 Å². The first-order valence-electron chi connectivity index (χ1n) is 14.6. The average molecular weight is 570 g/mol. The number of hydrogen-bond acceptors (Lipinski definition) is 7. The number of carbonyl (C=O) groups excluding carboxylic acids is 3. The fraction of sp³-hybridized carbons (Fsp3) is 0.406. The molecule has 3 heterocycles. The average Bonchev–Trinajstić information content (AvgIpc) is 3.85. The van der Waals surface area contributed by atoms with Gasteiger partial charge in [-0.15, -0.1) is 0 Å². The van der Waals surface area contributed by atoms with Gasteiger partial charge in [0.25, 0.3) is 5.91 Å². The highest BCUT2D eigenvalue weighted by atomic mass is 16.5. The summed E-state index contributed by atoms with van der Waals surface area (Å²) in [7, 11) is 0. The summed E-state index contributed by atoms with van der Waals surface area (Å²) < 4.78 is 12.4. The normalized spacial score (nSPS) is 21.5. The lowest BCUT2D eigenvalue weighted by Crippen LogP contribution is -2.58. The minimum atomic E-state index is -0.458. The number of fused-ring (bicyclic) bond motifs is 5. The number of hydrogen-bond donors (Lipinski definition) is 1. The minimum absolute atomic E-state index is 0.0834. The molecule has 2 aliphatic heterocycles. The third kappa shape index (κ3) is 6.60. The summed E-state index contributed by atoms with van der Waals surface area (Å²) in [5.41, 5.74) is 2.16. The number of piperidine rings is 1. The topological polar surface area (TPSA) is 114 Å². The van der Waals surface area contributed by atoms with E-state index in [2.05, 4.69) is 15.3 Å². The molecule has 4 bridgehead atoms. The third-order valence-electron chi connectivity index (χ3n) is 7.97. The van der Waals surface area contributed by atoms with Gasteiger partial charge in [-0.05, 0) is 61.6 Å². The van der Waals surface area contributed by atoms with Gasteiger partial charge < -0.3 is 24.6 Å². The van der Waals surface area contributed by atoms with E-state index in [9.17, 15) is 14.4 Å². The molecule has 0 spiro atoms. The second-order valence-electron chi connectivity index (χ2n) is 11.1. The number of rotatable bonds is 3. The van der Waals surface area contributed by atoms with Crippen LogP contribution < -0.4 is 10.1 Å². The fourth-order valence-corrected chi connectivity index (χ4v) is 5.48. The molecule has 10 nitrogen and oxygen atoms in total. The molecule has 2 atom stereocenters. The van der Waals surface area contributed by atoms with E-state index in [0.29, 0.717) is 49.1 Å². The number of ether oxygens (including phenoxy) is 2. The quantitative estimate of drug-likeness (QED) is 0.514. The van der Waals surface area contributed by atoms with Gasteiger partial charge in [-0.1, -0.05) is 24.3 Å². The fourth-order valence-electron chi connectivity index (χ4n) is 5.48. The first-order chi connectivity index (χ1) is 20.4. The van der Waals surface area contributed by atoms with E-state index < -0.39 is 6.04 Å². The van der Waals surface area contributed by atoms with Crippen LogP contribution >= 0.6 is 0 Å². The lowest BCUT2D eigenvalue weighted by molar-refractivity contribution is -0.136. The van der Waals surface area contributed by atoms with Crippen molar-refractivity contribution in [2.75, 3.05) is 26.2 Å². The highest BCUT2D eigenvalue weighted by Gasteiger charge is 2.35. The van der Waals surface area contributed by atoms with Gasteiger partial charge in [-0.3, -0.25) is 14.4 Å². The maximum Gasteiger partial charge on any atom is 0.257 e. The summed E-state index contributed by atoms with van der Waals surface area (Å²) in [6.45, 7) is 3.22. The van der Waals surface area contributed by atoms with Crippen molar-refractivity contribution >= 4 is 17.7 Å². The van der Waals surface area contributed by atoms with Gasteiger partial charge in [0.05, 0.1) is 37.3 Å². The summed E-state index contributed by atoms with van der Waals surface area (Å²) in [5, 5.41) is 3.07. The van der Waals surface area contributed by atoms with E-state index in [4.69, 9.17) is 9.47 Å². The molecule has 1 aliphatic carbocycles. The lowest BCUT2D eigenvalue weighted by Gasteiger charge is -2.39. The van der Waals surface area contributed by atoms with E-state index in [1.165, 1.54) is 4.90 Å². The van der Waals surface area contributed by atoms with Crippen LogP contribution in [0.4, 0.5) is 0 Å². The first-order valence-corrected chi connectivity index (χ1v) is 14.6. The van der Waals surface area contributed by atoms with Gasteiger partial charge in [0, 0.05) is 37.9 Å². The van der Waals surface area contributed by atoms with Crippen molar-refractivity contribution in [2.24, 2.45) is 0 Å². The monoisotopic (exact) mass is 569 g/mol. The third-order valence-corrected chi connectivity index (χ3v) is 7.97. The molecular formula is C32H35N5O5. The Morgan fingerprint density at radius 3 is 2.43 bits per heavy atom. The Kier molecular flexibility index (Phi) is 8.14. The molecule has 1 aromatic heterocycles. The molecule has 1 N–H and O–H groups in total. The maximum atomic E-state index is 13.4. The largest absolute Gasteiger partial charge is 0.457 e. The summed E-state index contributed by atoms with van der Waals surface area (Å²) in [5.74, 6) is 1.87. The van der Waals surface area contributed by atoms with Crippen molar-refractivity contribution in [2.45, 2.75) is 57.3 Å². The molecule has 218 valence electrons. The lowest BCUT2D eigenvalue weighted by atomic mass is 10.0. The number of likely N-dealkylation sites (N-methyl/N-ethyl adjacent to an activating group) is 1. The maximum absolute atomic E-state index is 13.4. The zero-order chi connectivity index (χ0) is 29.1. The van der Waals surface area contributed by atoms with Gasteiger partial charge in [0.1, 0.15) is 17.3 Å². The Bertz CT molecular complexity index is 1460. The molecule has 1 saturated heterocycles. The van der Waals surface area contributed by atoms with E-state index in [0.717, 1.165) is 29.8 Å². The molecular weight excluding hydrogens is 534 g/mol. The molecule has 2 fully saturated rings. The van der Waals surface area contributed by atoms with Crippen LogP contribution in [-0.4, -0.2) is 75.8 Å². The Morgan fingerprint density at radius 1 is 1.00 bits per heavy atom. The van der Waals surface area contributed by atoms with Crippen LogP contribution in [-0.2, 0) is 27.4 Å². The number of nitrogens with zero attached hydrogens (tertiary/aromatic N) is 4. The van der Waals surface area contributed by atoms with E-state index in [1.54, 1.807) is 17.3 Å². The Labute approximate surface area is 245 Å². The van der Waals surface area contributed by atoms with Gasteiger partial charge in [0.2, 0.25) is 11.8 Å².